The second-order valence-corrected chi connectivity index (χ2v) is 3.49. The Morgan fingerprint density at radius 1 is 1.69 bits per heavy atom. The average molecular weight is 177 g/mol. The van der Waals surface area contributed by atoms with Gasteiger partial charge in [-0.25, -0.2) is 0 Å². The monoisotopic (exact) mass is 177 g/mol. The zero-order chi connectivity index (χ0) is 9.26. The van der Waals surface area contributed by atoms with Crippen molar-refractivity contribution < 1.29 is 9.90 Å². The molecule has 3 heteroatoms. The Morgan fingerprint density at radius 2 is 2.54 bits per heavy atom. The minimum atomic E-state index is -0.698. The van der Waals surface area contributed by atoms with E-state index in [4.69, 9.17) is 5.11 Å². The van der Waals surface area contributed by atoms with Gasteiger partial charge < -0.3 is 5.11 Å². The van der Waals surface area contributed by atoms with Crippen LogP contribution in [0.3, 0.4) is 0 Å². The highest BCUT2D eigenvalue weighted by Crippen LogP contribution is 2.49. The quantitative estimate of drug-likeness (QED) is 0.763. The molecule has 0 bridgehead atoms. The van der Waals surface area contributed by atoms with Crippen LogP contribution in [0.2, 0.25) is 0 Å². The number of hydrogen-bond donors (Lipinski definition) is 1. The van der Waals surface area contributed by atoms with Crippen LogP contribution in [0.15, 0.2) is 24.5 Å². The lowest BCUT2D eigenvalue weighted by Gasteiger charge is -1.96. The predicted octanol–water partition coefficient (Wildman–Crippen LogP) is 1.66. The lowest BCUT2D eigenvalue weighted by molar-refractivity contribution is -0.137. The van der Waals surface area contributed by atoms with E-state index in [1.165, 1.54) is 5.56 Å². The molecule has 0 saturated heterocycles. The number of carboxylic acid groups (broad SMARTS) is 1. The fourth-order valence-corrected chi connectivity index (χ4v) is 1.70. The summed E-state index contributed by atoms with van der Waals surface area (Å²) in [7, 11) is 0. The summed E-state index contributed by atoms with van der Waals surface area (Å²) in [6.07, 6.45) is 4.85. The van der Waals surface area contributed by atoms with Gasteiger partial charge in [0.1, 0.15) is 0 Å². The number of pyridine rings is 1. The van der Waals surface area contributed by atoms with E-state index < -0.39 is 5.97 Å². The van der Waals surface area contributed by atoms with Crippen molar-refractivity contribution in [2.45, 2.75) is 18.8 Å². The molecule has 68 valence electrons. The first-order valence-corrected chi connectivity index (χ1v) is 4.39. The normalized spacial score (nSPS) is 25.5. The summed E-state index contributed by atoms with van der Waals surface area (Å²) < 4.78 is 0. The standard InChI is InChI=1S/C10H11NO2/c12-10(13)5-8-4-9(8)7-2-1-3-11-6-7/h1-3,6,8-9H,4-5H2,(H,12,13). The van der Waals surface area contributed by atoms with Crippen LogP contribution in [0.25, 0.3) is 0 Å². The van der Waals surface area contributed by atoms with Crippen molar-refractivity contribution in [2.24, 2.45) is 5.92 Å². The molecule has 0 radical (unpaired) electrons. The van der Waals surface area contributed by atoms with E-state index in [1.54, 1.807) is 6.20 Å². The molecule has 1 aliphatic rings. The zero-order valence-electron chi connectivity index (χ0n) is 7.18. The first-order valence-electron chi connectivity index (χ1n) is 4.39. The number of aromatic nitrogens is 1. The first kappa shape index (κ1) is 8.23. The highest BCUT2D eigenvalue weighted by Gasteiger charge is 2.39. The number of nitrogens with zero attached hydrogens (tertiary/aromatic N) is 1. The zero-order valence-corrected chi connectivity index (χ0v) is 7.18. The SMILES string of the molecule is O=C(O)CC1CC1c1cccnc1. The van der Waals surface area contributed by atoms with E-state index in [9.17, 15) is 4.79 Å². The van der Waals surface area contributed by atoms with Crippen LogP contribution in [0, 0.1) is 5.92 Å². The molecule has 0 aliphatic heterocycles. The van der Waals surface area contributed by atoms with Gasteiger partial charge in [0.05, 0.1) is 0 Å². The van der Waals surface area contributed by atoms with Crippen LogP contribution in [-0.2, 0) is 4.79 Å². The summed E-state index contributed by atoms with van der Waals surface area (Å²) >= 11 is 0. The van der Waals surface area contributed by atoms with Gasteiger partial charge in [0, 0.05) is 18.8 Å². The third-order valence-electron chi connectivity index (χ3n) is 2.47. The molecule has 13 heavy (non-hydrogen) atoms. The largest absolute Gasteiger partial charge is 0.481 e. The van der Waals surface area contributed by atoms with E-state index in [-0.39, 0.29) is 0 Å². The predicted molar refractivity (Wildman–Crippen MR) is 47.3 cm³/mol. The third kappa shape index (κ3) is 1.86. The van der Waals surface area contributed by atoms with Crippen molar-refractivity contribution >= 4 is 5.97 Å². The van der Waals surface area contributed by atoms with Crippen molar-refractivity contribution in [3.63, 3.8) is 0 Å². The van der Waals surface area contributed by atoms with E-state index in [0.29, 0.717) is 18.3 Å². The van der Waals surface area contributed by atoms with Gasteiger partial charge in [-0.1, -0.05) is 6.07 Å². The van der Waals surface area contributed by atoms with Crippen LogP contribution in [0.4, 0.5) is 0 Å². The maximum atomic E-state index is 10.4. The fraction of sp³-hybridized carbons (Fsp3) is 0.400. The van der Waals surface area contributed by atoms with E-state index >= 15 is 0 Å². The molecule has 0 amide bonds. The van der Waals surface area contributed by atoms with Crippen LogP contribution in [0.1, 0.15) is 24.3 Å². The molecular formula is C10H11NO2. The molecule has 1 saturated carbocycles. The highest BCUT2D eigenvalue weighted by atomic mass is 16.4. The lowest BCUT2D eigenvalue weighted by Crippen LogP contribution is -1.96. The number of rotatable bonds is 3. The van der Waals surface area contributed by atoms with Gasteiger partial charge in [0.15, 0.2) is 0 Å². The summed E-state index contributed by atoms with van der Waals surface area (Å²) in [4.78, 5) is 14.4. The summed E-state index contributed by atoms with van der Waals surface area (Å²) in [5, 5.41) is 8.57. The van der Waals surface area contributed by atoms with Crippen molar-refractivity contribution in [1.29, 1.82) is 0 Å². The lowest BCUT2D eigenvalue weighted by atomic mass is 10.1. The van der Waals surface area contributed by atoms with Crippen molar-refractivity contribution in [1.82, 2.24) is 4.98 Å². The summed E-state index contributed by atoms with van der Waals surface area (Å²) in [5.74, 6) is 0.0721. The minimum Gasteiger partial charge on any atom is -0.481 e. The summed E-state index contributed by atoms with van der Waals surface area (Å²) in [6, 6.07) is 3.91. The van der Waals surface area contributed by atoms with Crippen LogP contribution >= 0.6 is 0 Å². The Balaban J connectivity index is 1.97. The third-order valence-corrected chi connectivity index (χ3v) is 2.47. The molecule has 1 heterocycles. The van der Waals surface area contributed by atoms with Gasteiger partial charge in [-0.15, -0.1) is 0 Å². The van der Waals surface area contributed by atoms with Crippen molar-refractivity contribution in [2.75, 3.05) is 0 Å². The molecule has 3 nitrogen and oxygen atoms in total. The Morgan fingerprint density at radius 3 is 3.15 bits per heavy atom. The average Bonchev–Trinajstić information content (AvgIpc) is 2.84. The fourth-order valence-electron chi connectivity index (χ4n) is 1.70. The Bertz CT molecular complexity index is 310. The van der Waals surface area contributed by atoms with Crippen molar-refractivity contribution in [3.05, 3.63) is 30.1 Å². The van der Waals surface area contributed by atoms with E-state index in [0.717, 1.165) is 6.42 Å². The van der Waals surface area contributed by atoms with E-state index in [1.807, 2.05) is 18.3 Å². The highest BCUT2D eigenvalue weighted by molar-refractivity contribution is 5.67. The van der Waals surface area contributed by atoms with Gasteiger partial charge in [0.2, 0.25) is 0 Å². The van der Waals surface area contributed by atoms with Gasteiger partial charge in [-0.05, 0) is 29.9 Å². The molecule has 0 spiro atoms. The van der Waals surface area contributed by atoms with Crippen molar-refractivity contribution in [3.8, 4) is 0 Å². The minimum absolute atomic E-state index is 0.291. The molecule has 1 aliphatic carbocycles. The molecule has 1 aromatic heterocycles. The van der Waals surface area contributed by atoms with Crippen LogP contribution in [-0.4, -0.2) is 16.1 Å². The van der Waals surface area contributed by atoms with Crippen LogP contribution < -0.4 is 0 Å². The first-order chi connectivity index (χ1) is 6.27. The molecule has 1 N–H and O–H groups in total. The van der Waals surface area contributed by atoms with Gasteiger partial charge in [-0.3, -0.25) is 9.78 Å². The van der Waals surface area contributed by atoms with Gasteiger partial charge >= 0.3 is 5.97 Å². The van der Waals surface area contributed by atoms with Gasteiger partial charge in [0.25, 0.3) is 0 Å². The molecule has 2 atom stereocenters. The second kappa shape index (κ2) is 3.17. The number of aliphatic carboxylic acids is 1. The Hall–Kier alpha value is -1.38. The Kier molecular flexibility index (Phi) is 2.00. The van der Waals surface area contributed by atoms with E-state index in [2.05, 4.69) is 4.98 Å². The summed E-state index contributed by atoms with van der Waals surface area (Å²) in [6.45, 7) is 0. The second-order valence-electron chi connectivity index (χ2n) is 3.49. The maximum absolute atomic E-state index is 10.4. The molecule has 1 aromatic rings. The van der Waals surface area contributed by atoms with Gasteiger partial charge in [-0.2, -0.15) is 0 Å². The molecule has 2 rings (SSSR count). The number of carboxylic acids is 1. The summed E-state index contributed by atoms with van der Waals surface area (Å²) in [5.41, 5.74) is 1.17. The maximum Gasteiger partial charge on any atom is 0.303 e. The number of hydrogen-bond acceptors (Lipinski definition) is 2. The molecular weight excluding hydrogens is 166 g/mol. The molecule has 1 fully saturated rings. The number of carbonyl (C=O) groups is 1. The topological polar surface area (TPSA) is 50.2 Å². The molecule has 2 unspecified atom stereocenters. The Labute approximate surface area is 76.4 Å². The smallest absolute Gasteiger partial charge is 0.303 e. The van der Waals surface area contributed by atoms with Crippen LogP contribution in [0.5, 0.6) is 0 Å². The molecule has 0 aromatic carbocycles.